The molecular weight excluding hydrogens is 388 g/mol. The Bertz CT molecular complexity index is 1200. The Labute approximate surface area is 179 Å². The third kappa shape index (κ3) is 3.67. The van der Waals surface area contributed by atoms with Gasteiger partial charge in [0.25, 0.3) is 0 Å². The molecule has 0 radical (unpaired) electrons. The summed E-state index contributed by atoms with van der Waals surface area (Å²) >= 11 is 1.65. The number of rotatable bonds is 4. The van der Waals surface area contributed by atoms with Gasteiger partial charge in [0.2, 0.25) is 0 Å². The number of thioether (sulfide) groups is 1. The van der Waals surface area contributed by atoms with Crippen molar-refractivity contribution in [1.29, 1.82) is 5.41 Å². The van der Waals surface area contributed by atoms with Crippen molar-refractivity contribution in [2.24, 2.45) is 5.92 Å². The third-order valence-corrected chi connectivity index (χ3v) is 6.08. The lowest BCUT2D eigenvalue weighted by atomic mass is 9.99. The topological polar surface area (TPSA) is 64.6 Å². The fourth-order valence-corrected chi connectivity index (χ4v) is 4.54. The number of nitrogens with one attached hydrogen (secondary N) is 3. The van der Waals surface area contributed by atoms with Crippen LogP contribution < -0.4 is 5.32 Å². The second-order valence-corrected chi connectivity index (χ2v) is 8.12. The standard InChI is InChI=1S/C25H20N4S/c26-20-14-8-7-13-19(20)15-22-29-23(18-11-5-2-6-12-18)24(30-22)25-27-16-21(28-25)17-9-3-1-4-10-17/h1-16,19,26,29H,(H,27,28). The number of H-pyrrole nitrogens is 1. The van der Waals surface area contributed by atoms with Crippen LogP contribution in [0.15, 0.2) is 102 Å². The average molecular weight is 409 g/mol. The number of imidazole rings is 1. The summed E-state index contributed by atoms with van der Waals surface area (Å²) < 4.78 is 0. The fourth-order valence-electron chi connectivity index (χ4n) is 3.48. The maximum Gasteiger partial charge on any atom is 0.146 e. The molecule has 1 unspecified atom stereocenters. The van der Waals surface area contributed by atoms with E-state index in [0.717, 1.165) is 38.3 Å². The maximum atomic E-state index is 8.19. The van der Waals surface area contributed by atoms with Gasteiger partial charge in [-0.25, -0.2) is 4.98 Å². The first-order valence-electron chi connectivity index (χ1n) is 9.78. The van der Waals surface area contributed by atoms with E-state index < -0.39 is 0 Å². The lowest BCUT2D eigenvalue weighted by Gasteiger charge is -2.11. The van der Waals surface area contributed by atoms with Crippen molar-refractivity contribution in [3.05, 3.63) is 114 Å². The molecule has 5 heteroatoms. The van der Waals surface area contributed by atoms with E-state index >= 15 is 0 Å². The SMILES string of the molecule is N=C1C=CC=CC1C=C1NC(c2ccccc2)=C(c2ncc(-c3ccccc3)[nH]2)S1. The number of aromatic amines is 1. The first-order valence-corrected chi connectivity index (χ1v) is 10.6. The van der Waals surface area contributed by atoms with Crippen molar-refractivity contribution in [2.75, 3.05) is 0 Å². The molecule has 2 heterocycles. The van der Waals surface area contributed by atoms with Crippen molar-refractivity contribution < 1.29 is 0 Å². The van der Waals surface area contributed by atoms with E-state index in [1.807, 2.05) is 66.9 Å². The minimum absolute atomic E-state index is 0.0298. The second kappa shape index (κ2) is 8.05. The smallest absolute Gasteiger partial charge is 0.146 e. The van der Waals surface area contributed by atoms with Crippen LogP contribution in [0.4, 0.5) is 0 Å². The van der Waals surface area contributed by atoms with Gasteiger partial charge in [-0.2, -0.15) is 0 Å². The van der Waals surface area contributed by atoms with Crippen molar-refractivity contribution >= 4 is 28.1 Å². The largest absolute Gasteiger partial charge is 0.349 e. The molecule has 5 rings (SSSR count). The molecular formula is C25H20N4S. The van der Waals surface area contributed by atoms with Gasteiger partial charge in [0.05, 0.1) is 27.5 Å². The summed E-state index contributed by atoms with van der Waals surface area (Å²) in [7, 11) is 0. The van der Waals surface area contributed by atoms with Crippen LogP contribution in [0.25, 0.3) is 21.9 Å². The zero-order chi connectivity index (χ0) is 20.3. The van der Waals surface area contributed by atoms with Crippen LogP contribution in [0.2, 0.25) is 0 Å². The van der Waals surface area contributed by atoms with Crippen molar-refractivity contribution in [3.8, 4) is 11.3 Å². The summed E-state index contributed by atoms with van der Waals surface area (Å²) in [5, 5.41) is 12.8. The second-order valence-electron chi connectivity index (χ2n) is 7.06. The van der Waals surface area contributed by atoms with Gasteiger partial charge in [0.15, 0.2) is 0 Å². The van der Waals surface area contributed by atoms with Gasteiger partial charge in [-0.15, -0.1) is 0 Å². The molecule has 30 heavy (non-hydrogen) atoms. The molecule has 2 aromatic carbocycles. The summed E-state index contributed by atoms with van der Waals surface area (Å²) in [5.41, 5.74) is 4.83. The quantitative estimate of drug-likeness (QED) is 0.508. The van der Waals surface area contributed by atoms with Crippen molar-refractivity contribution in [3.63, 3.8) is 0 Å². The van der Waals surface area contributed by atoms with Gasteiger partial charge in [-0.3, -0.25) is 0 Å². The number of allylic oxidation sites excluding steroid dienone is 5. The van der Waals surface area contributed by atoms with E-state index in [2.05, 4.69) is 45.6 Å². The highest BCUT2D eigenvalue weighted by atomic mass is 32.2. The van der Waals surface area contributed by atoms with Gasteiger partial charge in [-0.1, -0.05) is 90.7 Å². The van der Waals surface area contributed by atoms with Crippen LogP contribution in [0, 0.1) is 11.3 Å². The molecule has 1 aliphatic heterocycles. The van der Waals surface area contributed by atoms with Gasteiger partial charge in [0, 0.05) is 11.6 Å². The summed E-state index contributed by atoms with van der Waals surface area (Å²) in [6.45, 7) is 0. The monoisotopic (exact) mass is 408 g/mol. The minimum Gasteiger partial charge on any atom is -0.349 e. The van der Waals surface area contributed by atoms with Crippen LogP contribution >= 0.6 is 11.8 Å². The van der Waals surface area contributed by atoms with Crippen molar-refractivity contribution in [1.82, 2.24) is 15.3 Å². The molecule has 0 fully saturated rings. The highest BCUT2D eigenvalue weighted by molar-refractivity contribution is 8.12. The van der Waals surface area contributed by atoms with E-state index in [0.29, 0.717) is 5.71 Å². The molecule has 0 saturated carbocycles. The van der Waals surface area contributed by atoms with E-state index in [9.17, 15) is 0 Å². The zero-order valence-corrected chi connectivity index (χ0v) is 17.0. The molecule has 0 saturated heterocycles. The fraction of sp³-hybridized carbons (Fsp3) is 0.0400. The molecule has 0 amide bonds. The molecule has 0 bridgehead atoms. The predicted molar refractivity (Wildman–Crippen MR) is 126 cm³/mol. The summed E-state index contributed by atoms with van der Waals surface area (Å²) in [6.07, 6.45) is 11.8. The normalized spacial score (nSPS) is 19.5. The van der Waals surface area contributed by atoms with E-state index in [4.69, 9.17) is 5.41 Å². The molecule has 3 N–H and O–H groups in total. The zero-order valence-electron chi connectivity index (χ0n) is 16.2. The van der Waals surface area contributed by atoms with Gasteiger partial charge >= 0.3 is 0 Å². The van der Waals surface area contributed by atoms with E-state index in [1.165, 1.54) is 0 Å². The van der Waals surface area contributed by atoms with Gasteiger partial charge in [-0.05, 0) is 23.3 Å². The number of benzene rings is 2. The summed E-state index contributed by atoms with van der Waals surface area (Å²) in [5.74, 6) is 0.806. The Hall–Kier alpha value is -3.57. The molecule has 1 aromatic heterocycles. The lowest BCUT2D eigenvalue weighted by Crippen LogP contribution is -2.11. The first-order chi connectivity index (χ1) is 14.8. The Morgan fingerprint density at radius 3 is 2.40 bits per heavy atom. The highest BCUT2D eigenvalue weighted by Crippen LogP contribution is 2.44. The molecule has 2 aliphatic rings. The number of hydrogen-bond donors (Lipinski definition) is 3. The Morgan fingerprint density at radius 2 is 1.67 bits per heavy atom. The van der Waals surface area contributed by atoms with Gasteiger partial charge in [0.1, 0.15) is 5.82 Å². The lowest BCUT2D eigenvalue weighted by molar-refractivity contribution is 1.07. The molecule has 3 aromatic rings. The Morgan fingerprint density at radius 1 is 0.933 bits per heavy atom. The number of aromatic nitrogens is 2. The first kappa shape index (κ1) is 18.5. The molecule has 146 valence electrons. The van der Waals surface area contributed by atoms with Crippen molar-refractivity contribution in [2.45, 2.75) is 0 Å². The summed E-state index contributed by atoms with van der Waals surface area (Å²) in [4.78, 5) is 9.21. The van der Waals surface area contributed by atoms with Crippen LogP contribution in [-0.4, -0.2) is 15.7 Å². The number of hydrogen-bond acceptors (Lipinski definition) is 4. The Kier molecular flexibility index (Phi) is 4.95. The highest BCUT2D eigenvalue weighted by Gasteiger charge is 2.25. The van der Waals surface area contributed by atoms with Crippen LogP contribution in [0.5, 0.6) is 0 Å². The molecule has 1 aliphatic carbocycles. The van der Waals surface area contributed by atoms with Crippen LogP contribution in [-0.2, 0) is 0 Å². The van der Waals surface area contributed by atoms with E-state index in [-0.39, 0.29) is 5.92 Å². The molecule has 0 spiro atoms. The molecule has 4 nitrogen and oxygen atoms in total. The average Bonchev–Trinajstić information content (AvgIpc) is 3.44. The van der Waals surface area contributed by atoms with Gasteiger partial charge < -0.3 is 15.7 Å². The van der Waals surface area contributed by atoms with Crippen LogP contribution in [0.1, 0.15) is 11.4 Å². The maximum absolute atomic E-state index is 8.19. The molecule has 1 atom stereocenters. The summed E-state index contributed by atoms with van der Waals surface area (Å²) in [6, 6.07) is 20.5. The minimum atomic E-state index is -0.0298. The Balaban J connectivity index is 1.52. The van der Waals surface area contributed by atoms with Crippen LogP contribution in [0.3, 0.4) is 0 Å². The predicted octanol–water partition coefficient (Wildman–Crippen LogP) is 5.84. The number of nitrogens with zero attached hydrogens (tertiary/aromatic N) is 1. The third-order valence-electron chi connectivity index (χ3n) is 5.02. The van der Waals surface area contributed by atoms with E-state index in [1.54, 1.807) is 11.8 Å².